The molecule has 4 rings (SSSR count). The van der Waals surface area contributed by atoms with Gasteiger partial charge in [-0.05, 0) is 36.6 Å². The van der Waals surface area contributed by atoms with Gasteiger partial charge in [-0.25, -0.2) is 0 Å². The van der Waals surface area contributed by atoms with Crippen molar-refractivity contribution >= 4 is 23.2 Å². The van der Waals surface area contributed by atoms with Crippen LogP contribution in [0.2, 0.25) is 0 Å². The highest BCUT2D eigenvalue weighted by Crippen LogP contribution is 2.31. The molecule has 1 aliphatic rings. The summed E-state index contributed by atoms with van der Waals surface area (Å²) in [6, 6.07) is 24.6. The van der Waals surface area contributed by atoms with Gasteiger partial charge in [0.2, 0.25) is 5.91 Å². The van der Waals surface area contributed by atoms with Crippen molar-refractivity contribution in [1.82, 2.24) is 0 Å². The number of hydrogen-bond donors (Lipinski definition) is 2. The van der Waals surface area contributed by atoms with E-state index < -0.39 is 0 Å². The van der Waals surface area contributed by atoms with Crippen LogP contribution in [0.3, 0.4) is 0 Å². The molecule has 5 heteroatoms. The quantitative estimate of drug-likeness (QED) is 0.617. The second-order valence-electron chi connectivity index (χ2n) is 7.04. The molecular formula is C24H22N2O3. The molecule has 0 bridgehead atoms. The summed E-state index contributed by atoms with van der Waals surface area (Å²) in [4.78, 5) is 24.3. The van der Waals surface area contributed by atoms with E-state index in [2.05, 4.69) is 10.6 Å². The van der Waals surface area contributed by atoms with E-state index in [0.717, 1.165) is 29.7 Å². The van der Waals surface area contributed by atoms with E-state index in [-0.39, 0.29) is 24.3 Å². The zero-order valence-corrected chi connectivity index (χ0v) is 15.9. The van der Waals surface area contributed by atoms with Crippen LogP contribution in [0.5, 0.6) is 5.75 Å². The smallest absolute Gasteiger partial charge is 0.262 e. The molecule has 0 saturated heterocycles. The molecule has 0 aromatic heterocycles. The van der Waals surface area contributed by atoms with Gasteiger partial charge in [0, 0.05) is 28.9 Å². The van der Waals surface area contributed by atoms with Crippen LogP contribution in [0.4, 0.5) is 11.4 Å². The molecule has 29 heavy (non-hydrogen) atoms. The van der Waals surface area contributed by atoms with Gasteiger partial charge in [-0.1, -0.05) is 54.6 Å². The second-order valence-corrected chi connectivity index (χ2v) is 7.04. The first-order chi connectivity index (χ1) is 14.2. The molecule has 2 amide bonds. The molecule has 1 saturated carbocycles. The Morgan fingerprint density at radius 3 is 2.41 bits per heavy atom. The number of ether oxygens (including phenoxy) is 1. The van der Waals surface area contributed by atoms with Crippen molar-refractivity contribution < 1.29 is 14.3 Å². The average molecular weight is 386 g/mol. The number of benzene rings is 3. The molecule has 3 aromatic carbocycles. The van der Waals surface area contributed by atoms with Crippen molar-refractivity contribution in [3.05, 3.63) is 78.9 Å². The van der Waals surface area contributed by atoms with Gasteiger partial charge in [-0.15, -0.1) is 0 Å². The zero-order chi connectivity index (χ0) is 20.1. The van der Waals surface area contributed by atoms with Gasteiger partial charge in [0.15, 0.2) is 6.61 Å². The molecule has 0 unspecified atom stereocenters. The fourth-order valence-electron chi connectivity index (χ4n) is 3.05. The first-order valence-electron chi connectivity index (χ1n) is 9.67. The molecule has 1 fully saturated rings. The Morgan fingerprint density at radius 2 is 1.62 bits per heavy atom. The Bertz CT molecular complexity index is 1010. The standard InChI is InChI=1S/C24H22N2O3/c27-23(26-22-12-5-4-11-21(22)17-7-2-1-3-8-17)16-29-20-10-6-9-19(15-20)25-24(28)18-13-14-18/h1-12,15,18H,13-14,16H2,(H,25,28)(H,26,27). The maximum atomic E-state index is 12.4. The molecule has 2 N–H and O–H groups in total. The van der Waals surface area contributed by atoms with E-state index in [0.29, 0.717) is 11.4 Å². The van der Waals surface area contributed by atoms with E-state index in [4.69, 9.17) is 4.74 Å². The SMILES string of the molecule is O=C(COc1cccc(NC(=O)C2CC2)c1)Nc1ccccc1-c1ccccc1. The third kappa shape index (κ3) is 5.02. The van der Waals surface area contributed by atoms with Crippen molar-refractivity contribution in [2.24, 2.45) is 5.92 Å². The van der Waals surface area contributed by atoms with E-state index in [1.807, 2.05) is 60.7 Å². The van der Waals surface area contributed by atoms with Gasteiger partial charge in [0.25, 0.3) is 5.91 Å². The second kappa shape index (κ2) is 8.61. The van der Waals surface area contributed by atoms with Crippen LogP contribution >= 0.6 is 0 Å². The average Bonchev–Trinajstić information content (AvgIpc) is 3.59. The molecule has 0 aliphatic heterocycles. The Labute approximate surface area is 169 Å². The van der Waals surface area contributed by atoms with E-state index in [1.165, 1.54) is 0 Å². The number of rotatable bonds is 7. The number of hydrogen-bond acceptors (Lipinski definition) is 3. The Kier molecular flexibility index (Phi) is 5.56. The topological polar surface area (TPSA) is 67.4 Å². The van der Waals surface area contributed by atoms with Crippen molar-refractivity contribution in [3.8, 4) is 16.9 Å². The lowest BCUT2D eigenvalue weighted by molar-refractivity contribution is -0.118. The molecular weight excluding hydrogens is 364 g/mol. The van der Waals surface area contributed by atoms with Crippen molar-refractivity contribution in [2.75, 3.05) is 17.2 Å². The number of carbonyl (C=O) groups is 2. The summed E-state index contributed by atoms with van der Waals surface area (Å²) in [6.45, 7) is -0.122. The van der Waals surface area contributed by atoms with Gasteiger partial charge >= 0.3 is 0 Å². The molecule has 0 radical (unpaired) electrons. The summed E-state index contributed by atoms with van der Waals surface area (Å²) in [7, 11) is 0. The van der Waals surface area contributed by atoms with Crippen LogP contribution in [0.25, 0.3) is 11.1 Å². The maximum absolute atomic E-state index is 12.4. The van der Waals surface area contributed by atoms with Crippen molar-refractivity contribution in [1.29, 1.82) is 0 Å². The lowest BCUT2D eigenvalue weighted by Gasteiger charge is -2.12. The number of para-hydroxylation sites is 1. The Morgan fingerprint density at radius 1 is 0.862 bits per heavy atom. The largest absolute Gasteiger partial charge is 0.484 e. The summed E-state index contributed by atoms with van der Waals surface area (Å²) in [5, 5.41) is 5.79. The van der Waals surface area contributed by atoms with Gasteiger partial charge in [-0.2, -0.15) is 0 Å². The minimum absolute atomic E-state index is 0.0393. The minimum Gasteiger partial charge on any atom is -0.484 e. The van der Waals surface area contributed by atoms with Crippen LogP contribution in [0.15, 0.2) is 78.9 Å². The Balaban J connectivity index is 1.37. The predicted molar refractivity (Wildman–Crippen MR) is 114 cm³/mol. The third-order valence-corrected chi connectivity index (χ3v) is 4.71. The van der Waals surface area contributed by atoms with Crippen LogP contribution in [0, 0.1) is 5.92 Å². The van der Waals surface area contributed by atoms with E-state index in [1.54, 1.807) is 18.2 Å². The molecule has 0 heterocycles. The van der Waals surface area contributed by atoms with Gasteiger partial charge in [0.1, 0.15) is 5.75 Å². The number of carbonyl (C=O) groups excluding carboxylic acids is 2. The first kappa shape index (κ1) is 18.7. The predicted octanol–water partition coefficient (Wildman–Crippen LogP) is 4.72. The fourth-order valence-corrected chi connectivity index (χ4v) is 3.05. The molecule has 1 aliphatic carbocycles. The summed E-state index contributed by atoms with van der Waals surface area (Å²) in [6.07, 6.45) is 1.90. The normalized spacial score (nSPS) is 12.8. The number of nitrogens with one attached hydrogen (secondary N) is 2. The van der Waals surface area contributed by atoms with E-state index in [9.17, 15) is 9.59 Å². The van der Waals surface area contributed by atoms with Gasteiger partial charge in [0.05, 0.1) is 0 Å². The number of anilines is 2. The van der Waals surface area contributed by atoms with Crippen LogP contribution in [0.1, 0.15) is 12.8 Å². The monoisotopic (exact) mass is 386 g/mol. The van der Waals surface area contributed by atoms with Crippen molar-refractivity contribution in [2.45, 2.75) is 12.8 Å². The summed E-state index contributed by atoms with van der Waals surface area (Å²) >= 11 is 0. The third-order valence-electron chi connectivity index (χ3n) is 4.71. The molecule has 0 atom stereocenters. The highest BCUT2D eigenvalue weighted by molar-refractivity contribution is 5.96. The summed E-state index contributed by atoms with van der Waals surface area (Å²) in [5.74, 6) is 0.457. The van der Waals surface area contributed by atoms with Crippen LogP contribution < -0.4 is 15.4 Å². The Hall–Kier alpha value is -3.60. The lowest BCUT2D eigenvalue weighted by Crippen LogP contribution is -2.20. The maximum Gasteiger partial charge on any atom is 0.262 e. The van der Waals surface area contributed by atoms with E-state index >= 15 is 0 Å². The summed E-state index contributed by atoms with van der Waals surface area (Å²) in [5.41, 5.74) is 3.39. The van der Waals surface area contributed by atoms with Crippen LogP contribution in [-0.2, 0) is 9.59 Å². The molecule has 3 aromatic rings. The van der Waals surface area contributed by atoms with Gasteiger partial charge in [-0.3, -0.25) is 9.59 Å². The first-order valence-corrected chi connectivity index (χ1v) is 9.67. The van der Waals surface area contributed by atoms with Crippen molar-refractivity contribution in [3.63, 3.8) is 0 Å². The fraction of sp³-hybridized carbons (Fsp3) is 0.167. The number of amides is 2. The molecule has 0 spiro atoms. The summed E-state index contributed by atoms with van der Waals surface area (Å²) < 4.78 is 5.62. The molecule has 146 valence electrons. The highest BCUT2D eigenvalue weighted by atomic mass is 16.5. The highest BCUT2D eigenvalue weighted by Gasteiger charge is 2.29. The zero-order valence-electron chi connectivity index (χ0n) is 15.9. The van der Waals surface area contributed by atoms with Crippen LogP contribution in [-0.4, -0.2) is 18.4 Å². The van der Waals surface area contributed by atoms with Gasteiger partial charge < -0.3 is 15.4 Å². The lowest BCUT2D eigenvalue weighted by atomic mass is 10.0. The minimum atomic E-state index is -0.249. The molecule has 5 nitrogen and oxygen atoms in total.